The maximum atomic E-state index is 12.5. The standard InChI is InChI=1S/C23H30N2O5S/c1-7-25(8-2)18(26)13-30-17-11-9-16(10-12-17)19-15(5)31-22(20(19)23(28)29-6)24-21(27)14(3)4/h9-12,14H,7-8,13H2,1-6H3,(H,24,27). The molecule has 2 rings (SSSR count). The van der Waals surface area contributed by atoms with E-state index in [4.69, 9.17) is 9.47 Å². The number of amides is 2. The summed E-state index contributed by atoms with van der Waals surface area (Å²) in [6.45, 7) is 10.6. The highest BCUT2D eigenvalue weighted by molar-refractivity contribution is 7.17. The number of likely N-dealkylation sites (N-methyl/N-ethyl adjacent to an activating group) is 1. The van der Waals surface area contributed by atoms with Crippen molar-refractivity contribution in [2.75, 3.05) is 32.1 Å². The summed E-state index contributed by atoms with van der Waals surface area (Å²) in [5.41, 5.74) is 1.84. The first-order valence-corrected chi connectivity index (χ1v) is 11.1. The number of esters is 1. The minimum atomic E-state index is -0.511. The summed E-state index contributed by atoms with van der Waals surface area (Å²) in [4.78, 5) is 39.4. The van der Waals surface area contributed by atoms with Crippen molar-refractivity contribution < 1.29 is 23.9 Å². The molecule has 0 aliphatic carbocycles. The van der Waals surface area contributed by atoms with Gasteiger partial charge in [0.05, 0.1) is 7.11 Å². The molecule has 0 aliphatic heterocycles. The first-order valence-electron chi connectivity index (χ1n) is 10.3. The molecular formula is C23H30N2O5S. The predicted molar refractivity (Wildman–Crippen MR) is 123 cm³/mol. The Kier molecular flexibility index (Phi) is 8.62. The van der Waals surface area contributed by atoms with E-state index in [0.717, 1.165) is 10.4 Å². The monoisotopic (exact) mass is 446 g/mol. The van der Waals surface area contributed by atoms with Crippen LogP contribution in [0.25, 0.3) is 11.1 Å². The van der Waals surface area contributed by atoms with Gasteiger partial charge < -0.3 is 19.7 Å². The van der Waals surface area contributed by atoms with Crippen LogP contribution in [0.3, 0.4) is 0 Å². The van der Waals surface area contributed by atoms with Gasteiger partial charge in [-0.3, -0.25) is 9.59 Å². The second kappa shape index (κ2) is 10.9. The van der Waals surface area contributed by atoms with Crippen LogP contribution in [-0.2, 0) is 14.3 Å². The third-order valence-corrected chi connectivity index (χ3v) is 5.88. The van der Waals surface area contributed by atoms with E-state index in [1.807, 2.05) is 32.9 Å². The molecular weight excluding hydrogens is 416 g/mol. The fourth-order valence-corrected chi connectivity index (χ4v) is 4.13. The molecule has 0 spiro atoms. The number of rotatable bonds is 9. The van der Waals surface area contributed by atoms with Crippen LogP contribution in [0, 0.1) is 12.8 Å². The number of benzene rings is 1. The highest BCUT2D eigenvalue weighted by Crippen LogP contribution is 2.41. The molecule has 7 nitrogen and oxygen atoms in total. The van der Waals surface area contributed by atoms with Gasteiger partial charge in [0.2, 0.25) is 5.91 Å². The third-order valence-electron chi connectivity index (χ3n) is 4.86. The van der Waals surface area contributed by atoms with Crippen LogP contribution >= 0.6 is 11.3 Å². The first kappa shape index (κ1) is 24.4. The Morgan fingerprint density at radius 1 is 1.10 bits per heavy atom. The topological polar surface area (TPSA) is 84.9 Å². The zero-order chi connectivity index (χ0) is 23.1. The van der Waals surface area contributed by atoms with Crippen LogP contribution in [0.4, 0.5) is 5.00 Å². The zero-order valence-electron chi connectivity index (χ0n) is 18.9. The van der Waals surface area contributed by atoms with Crippen molar-refractivity contribution in [3.05, 3.63) is 34.7 Å². The molecule has 168 valence electrons. The number of anilines is 1. The Balaban J connectivity index is 2.29. The van der Waals surface area contributed by atoms with E-state index < -0.39 is 5.97 Å². The average Bonchev–Trinajstić information content (AvgIpc) is 3.08. The molecule has 1 N–H and O–H groups in total. The van der Waals surface area contributed by atoms with Crippen LogP contribution in [0.2, 0.25) is 0 Å². The largest absolute Gasteiger partial charge is 0.484 e. The van der Waals surface area contributed by atoms with Gasteiger partial charge >= 0.3 is 5.97 Å². The van der Waals surface area contributed by atoms with E-state index in [1.165, 1.54) is 18.4 Å². The fraction of sp³-hybridized carbons (Fsp3) is 0.435. The van der Waals surface area contributed by atoms with Gasteiger partial charge in [-0.1, -0.05) is 26.0 Å². The summed E-state index contributed by atoms with van der Waals surface area (Å²) >= 11 is 1.34. The van der Waals surface area contributed by atoms with E-state index in [-0.39, 0.29) is 24.3 Å². The number of nitrogens with zero attached hydrogens (tertiary/aromatic N) is 1. The normalized spacial score (nSPS) is 10.7. The molecule has 1 aromatic carbocycles. The minimum absolute atomic E-state index is 0.0305. The molecule has 0 unspecified atom stereocenters. The minimum Gasteiger partial charge on any atom is -0.484 e. The van der Waals surface area contributed by atoms with Gasteiger partial charge in [-0.05, 0) is 38.5 Å². The molecule has 0 atom stereocenters. The van der Waals surface area contributed by atoms with E-state index >= 15 is 0 Å². The van der Waals surface area contributed by atoms with Gasteiger partial charge in [0.25, 0.3) is 5.91 Å². The van der Waals surface area contributed by atoms with E-state index in [0.29, 0.717) is 35.0 Å². The van der Waals surface area contributed by atoms with Crippen LogP contribution in [-0.4, -0.2) is 49.5 Å². The van der Waals surface area contributed by atoms with Gasteiger partial charge in [0.15, 0.2) is 6.61 Å². The summed E-state index contributed by atoms with van der Waals surface area (Å²) < 4.78 is 10.6. The Morgan fingerprint density at radius 3 is 2.23 bits per heavy atom. The van der Waals surface area contributed by atoms with Crippen molar-refractivity contribution in [3.8, 4) is 16.9 Å². The van der Waals surface area contributed by atoms with Gasteiger partial charge in [-0.2, -0.15) is 0 Å². The molecule has 0 radical (unpaired) electrons. The number of methoxy groups -OCH3 is 1. The summed E-state index contributed by atoms with van der Waals surface area (Å²) in [6.07, 6.45) is 0. The number of carbonyl (C=O) groups excluding carboxylic acids is 3. The zero-order valence-corrected chi connectivity index (χ0v) is 19.7. The second-order valence-electron chi connectivity index (χ2n) is 7.25. The number of nitrogens with one attached hydrogen (secondary N) is 1. The van der Waals surface area contributed by atoms with Crippen molar-refractivity contribution in [1.29, 1.82) is 0 Å². The lowest BCUT2D eigenvalue weighted by Crippen LogP contribution is -2.34. The summed E-state index contributed by atoms with van der Waals surface area (Å²) in [5.74, 6) is -0.402. The Hall–Kier alpha value is -2.87. The molecule has 2 aromatic rings. The van der Waals surface area contributed by atoms with Crippen LogP contribution in [0.15, 0.2) is 24.3 Å². The van der Waals surface area contributed by atoms with Gasteiger partial charge in [-0.25, -0.2) is 4.79 Å². The molecule has 2 amide bonds. The van der Waals surface area contributed by atoms with E-state index in [1.54, 1.807) is 30.9 Å². The van der Waals surface area contributed by atoms with Crippen molar-refractivity contribution in [2.45, 2.75) is 34.6 Å². The van der Waals surface area contributed by atoms with Gasteiger partial charge in [-0.15, -0.1) is 11.3 Å². The highest BCUT2D eigenvalue weighted by Gasteiger charge is 2.25. The molecule has 0 aliphatic rings. The molecule has 1 aromatic heterocycles. The second-order valence-corrected chi connectivity index (χ2v) is 8.48. The third kappa shape index (κ3) is 5.85. The maximum absolute atomic E-state index is 12.5. The molecule has 31 heavy (non-hydrogen) atoms. The smallest absolute Gasteiger partial charge is 0.341 e. The Morgan fingerprint density at radius 2 is 1.71 bits per heavy atom. The predicted octanol–water partition coefficient (Wildman–Crippen LogP) is 4.35. The van der Waals surface area contributed by atoms with Gasteiger partial charge in [0.1, 0.15) is 16.3 Å². The number of carbonyl (C=O) groups is 3. The van der Waals surface area contributed by atoms with Crippen LogP contribution in [0.5, 0.6) is 5.75 Å². The first-order chi connectivity index (χ1) is 14.7. The molecule has 0 saturated heterocycles. The molecule has 0 fully saturated rings. The lowest BCUT2D eigenvalue weighted by molar-refractivity contribution is -0.133. The lowest BCUT2D eigenvalue weighted by atomic mass is 10.0. The number of hydrogen-bond acceptors (Lipinski definition) is 6. The number of aryl methyl sites for hydroxylation is 1. The Bertz CT molecular complexity index is 930. The van der Waals surface area contributed by atoms with Crippen LogP contribution in [0.1, 0.15) is 42.9 Å². The average molecular weight is 447 g/mol. The summed E-state index contributed by atoms with van der Waals surface area (Å²) in [5, 5.41) is 3.31. The fourth-order valence-electron chi connectivity index (χ4n) is 3.06. The molecule has 8 heteroatoms. The maximum Gasteiger partial charge on any atom is 0.341 e. The van der Waals surface area contributed by atoms with Crippen molar-refractivity contribution in [3.63, 3.8) is 0 Å². The summed E-state index contributed by atoms with van der Waals surface area (Å²) in [6, 6.07) is 7.17. The highest BCUT2D eigenvalue weighted by atomic mass is 32.1. The number of ether oxygens (including phenoxy) is 2. The number of hydrogen-bond donors (Lipinski definition) is 1. The van der Waals surface area contributed by atoms with Crippen LogP contribution < -0.4 is 10.1 Å². The van der Waals surface area contributed by atoms with Crippen molar-refractivity contribution in [2.24, 2.45) is 5.92 Å². The quantitative estimate of drug-likeness (QED) is 0.579. The van der Waals surface area contributed by atoms with Gasteiger partial charge in [0, 0.05) is 29.4 Å². The summed E-state index contributed by atoms with van der Waals surface area (Å²) in [7, 11) is 1.32. The van der Waals surface area contributed by atoms with Crippen molar-refractivity contribution >= 4 is 34.1 Å². The molecule has 0 bridgehead atoms. The van der Waals surface area contributed by atoms with E-state index in [2.05, 4.69) is 5.32 Å². The number of thiophene rings is 1. The lowest BCUT2D eigenvalue weighted by Gasteiger charge is -2.18. The SMILES string of the molecule is CCN(CC)C(=O)COc1ccc(-c2c(C)sc(NC(=O)C(C)C)c2C(=O)OC)cc1. The molecule has 0 saturated carbocycles. The Labute approximate surface area is 187 Å². The van der Waals surface area contributed by atoms with E-state index in [9.17, 15) is 14.4 Å². The molecule has 1 heterocycles. The van der Waals surface area contributed by atoms with Crippen molar-refractivity contribution in [1.82, 2.24) is 4.90 Å².